The summed E-state index contributed by atoms with van der Waals surface area (Å²) in [4.78, 5) is 129. The minimum absolute atomic E-state index is 0.0408. The summed E-state index contributed by atoms with van der Waals surface area (Å²) in [7, 11) is 10.8. The molecule has 16 aromatic rings. The van der Waals surface area contributed by atoms with Gasteiger partial charge in [-0.1, -0.05) is 86.6 Å². The average Bonchev–Trinajstić information content (AvgIpc) is 1.75. The number of nitrogens with one attached hydrogen (secondary N) is 5. The lowest BCUT2D eigenvalue weighted by atomic mass is 9.98. The van der Waals surface area contributed by atoms with Crippen LogP contribution in [0.2, 0.25) is 5.02 Å². The molecule has 16 N–H and O–H groups in total. The van der Waals surface area contributed by atoms with E-state index in [1.54, 1.807) is 62.5 Å². The van der Waals surface area contributed by atoms with Gasteiger partial charge in [0.25, 0.3) is 27.8 Å². The molecule has 0 aliphatic rings. The van der Waals surface area contributed by atoms with Gasteiger partial charge in [-0.25, -0.2) is 24.0 Å². The maximum atomic E-state index is 12.5. The van der Waals surface area contributed by atoms with E-state index in [1.807, 2.05) is 180 Å². The molecule has 0 atom stereocenters. The van der Waals surface area contributed by atoms with Crippen LogP contribution in [-0.2, 0) is 54.7 Å². The van der Waals surface area contributed by atoms with Gasteiger partial charge in [-0.15, -0.1) is 0 Å². The molecule has 123 heavy (non-hydrogen) atoms. The molecule has 0 saturated carbocycles. The molecule has 0 spiro atoms. The molecule has 34 heteroatoms. The second kappa shape index (κ2) is 35.0. The molecule has 16 rings (SSSR count). The summed E-state index contributed by atoms with van der Waals surface area (Å²) in [6, 6.07) is 42.6. The SMILES string of the molecule is C=Cc1c(-c2ccc3c(ccn3C)c2)[nH]c(=O)c(C(=O)O)c1O.CCc1c(-c2ccc3c(ccn3C)c2O)[nH]c(=O)c(C(=O)O)c1O.CCc1c(-c2ccc3c(ccn3C)c2OCc2ccccc2)[nH]c(=O)c(C(=O)O)c1O.COc1c(-c2ccc3c(ccn3C)c2)[nH]c(=O)c(C(=O)O)c1O.Cn1ccc2cc(-c3[nH]c(=O)c(C(=O)O)c(O)c3Cl)ccc21. The molecule has 628 valence electrons. The molecular formula is C89H77ClN10O23. The van der Waals surface area contributed by atoms with Gasteiger partial charge in [-0.2, -0.15) is 0 Å². The highest BCUT2D eigenvalue weighted by Gasteiger charge is 2.30. The van der Waals surface area contributed by atoms with Crippen molar-refractivity contribution in [3.8, 4) is 102 Å². The van der Waals surface area contributed by atoms with Crippen molar-refractivity contribution in [1.29, 1.82) is 0 Å². The smallest absolute Gasteiger partial charge is 0.345 e. The highest BCUT2D eigenvalue weighted by Crippen LogP contribution is 2.44. The van der Waals surface area contributed by atoms with E-state index < -0.39 is 114 Å². The fraction of sp³-hybridized carbons (Fsp3) is 0.124. The number of carboxylic acid groups (broad SMARTS) is 5. The predicted molar refractivity (Wildman–Crippen MR) is 461 cm³/mol. The Morgan fingerprint density at radius 1 is 0.390 bits per heavy atom. The van der Waals surface area contributed by atoms with Crippen LogP contribution in [0.1, 0.15) is 87.9 Å². The third-order valence-corrected chi connectivity index (χ3v) is 21.0. The van der Waals surface area contributed by atoms with Crippen LogP contribution in [0.5, 0.6) is 46.0 Å². The number of aromatic nitrogens is 10. The lowest BCUT2D eigenvalue weighted by Gasteiger charge is -2.17. The number of carbonyl (C=O) groups is 5. The van der Waals surface area contributed by atoms with Gasteiger partial charge in [0, 0.05) is 149 Å². The normalized spacial score (nSPS) is 11.0. The van der Waals surface area contributed by atoms with Crippen molar-refractivity contribution >= 4 is 102 Å². The number of aromatic hydroxyl groups is 6. The zero-order valence-corrected chi connectivity index (χ0v) is 67.3. The van der Waals surface area contributed by atoms with Crippen molar-refractivity contribution in [3.63, 3.8) is 0 Å². The van der Waals surface area contributed by atoms with E-state index in [0.29, 0.717) is 68.9 Å². The van der Waals surface area contributed by atoms with Crippen LogP contribution >= 0.6 is 11.6 Å². The first-order valence-corrected chi connectivity index (χ1v) is 37.5. The van der Waals surface area contributed by atoms with Gasteiger partial charge in [-0.3, -0.25) is 24.0 Å². The number of halogens is 1. The van der Waals surface area contributed by atoms with Gasteiger partial charge in [0.15, 0.2) is 45.1 Å². The summed E-state index contributed by atoms with van der Waals surface area (Å²) >= 11 is 6.02. The second-order valence-electron chi connectivity index (χ2n) is 27.9. The molecule has 0 bridgehead atoms. The van der Waals surface area contributed by atoms with Crippen LogP contribution in [0.3, 0.4) is 0 Å². The van der Waals surface area contributed by atoms with Gasteiger partial charge < -0.3 is 113 Å². The lowest BCUT2D eigenvalue weighted by molar-refractivity contribution is 0.0679. The first-order chi connectivity index (χ1) is 58.5. The summed E-state index contributed by atoms with van der Waals surface area (Å²) in [6.07, 6.45) is 11.3. The number of fused-ring (bicyclic) bond motifs is 5. The molecular weight excluding hydrogens is 1610 g/mol. The van der Waals surface area contributed by atoms with Crippen LogP contribution in [0.25, 0.3) is 117 Å². The van der Waals surface area contributed by atoms with Crippen molar-refractivity contribution in [2.45, 2.75) is 33.3 Å². The number of pyridine rings is 5. The minimum Gasteiger partial charge on any atom is -0.507 e. The van der Waals surface area contributed by atoms with E-state index in [1.165, 1.54) is 13.2 Å². The Morgan fingerprint density at radius 2 is 0.740 bits per heavy atom. The van der Waals surface area contributed by atoms with Crippen LogP contribution in [0, 0.1) is 0 Å². The van der Waals surface area contributed by atoms with E-state index in [4.69, 9.17) is 41.5 Å². The summed E-state index contributed by atoms with van der Waals surface area (Å²) in [6.45, 7) is 7.42. The van der Waals surface area contributed by atoms with Crippen molar-refractivity contribution < 1.29 is 89.6 Å². The number of rotatable bonds is 17. The number of hydrogen-bond donors (Lipinski definition) is 16. The molecule has 0 aliphatic heterocycles. The lowest BCUT2D eigenvalue weighted by Crippen LogP contribution is -2.20. The number of benzene rings is 6. The van der Waals surface area contributed by atoms with E-state index in [9.17, 15) is 83.7 Å². The number of hydrogen-bond acceptors (Lipinski definition) is 18. The van der Waals surface area contributed by atoms with Crippen molar-refractivity contribution in [3.05, 3.63) is 284 Å². The van der Waals surface area contributed by atoms with Crippen molar-refractivity contribution in [2.75, 3.05) is 7.11 Å². The Kier molecular flexibility index (Phi) is 24.4. The Balaban J connectivity index is 0.000000141. The number of phenols is 1. The standard InChI is InChI=1S/C24H22N2O5.C17H16N2O5.C17H14N2O4.C16H14N2O5.C15H11ClN2O4/c1-3-15-20(25-23(28)19(21(15)27)24(29)30)17-9-10-18-16(11-12-26(18)2)22(17)31-13-14-7-5-4-6-8-14;1-3-8-13(18-16(22)12(15(8)21)17(23)24)10-4-5-11-9(14(10)20)6-7-19(11)2;1-3-11-14(18-16(21)13(15(11)20)17(22)23)10-4-5-12-9(8-10)6-7-19(12)2;1-18-6-5-8-7-9(3-4-10(8)18)12-14(23-2)13(19)11(16(21)22)15(20)17-12;1-18-5-4-7-6-8(2-3-9(7)18)12-11(16)13(19)10(15(21)22)14(20)17-12/h4-12H,3,13H2,1-2H3,(H,29,30)(H2,25,27,28);4-7,20H,3H2,1-2H3,(H,23,24)(H2,18,21,22);3-8H,1H2,2H3,(H,22,23)(H2,18,20,21);3-7H,1-2H3,(H,21,22)(H2,17,19,20);2-6H,1H3,(H,21,22)(H2,17,19,20). The fourth-order valence-corrected chi connectivity index (χ4v) is 14.7. The van der Waals surface area contributed by atoms with Crippen molar-refractivity contribution in [1.82, 2.24) is 47.8 Å². The Labute approximate surface area is 697 Å². The highest BCUT2D eigenvalue weighted by molar-refractivity contribution is 6.35. The number of H-pyrrole nitrogens is 5. The third-order valence-electron chi connectivity index (χ3n) is 20.6. The number of aryl methyl sites for hydroxylation is 5. The van der Waals surface area contributed by atoms with E-state index in [0.717, 1.165) is 54.7 Å². The van der Waals surface area contributed by atoms with Gasteiger partial charge >= 0.3 is 29.8 Å². The number of phenolic OH excluding ortho intramolecular Hbond substituents is 1. The van der Waals surface area contributed by atoms with Crippen LogP contribution < -0.4 is 37.3 Å². The molecule has 0 aliphatic carbocycles. The van der Waals surface area contributed by atoms with Gasteiger partial charge in [0.2, 0.25) is 0 Å². The molecule has 0 saturated heterocycles. The van der Waals surface area contributed by atoms with E-state index >= 15 is 0 Å². The number of nitrogens with zero attached hydrogens (tertiary/aromatic N) is 5. The molecule has 10 aromatic heterocycles. The predicted octanol–water partition coefficient (Wildman–Crippen LogP) is 13.4. The number of methoxy groups -OCH3 is 1. The number of aromatic amines is 5. The first kappa shape index (κ1) is 85.9. The molecule has 0 radical (unpaired) electrons. The number of carboxylic acids is 5. The zero-order chi connectivity index (χ0) is 89.2. The Bertz CT molecular complexity index is 7330. The molecule has 33 nitrogen and oxygen atoms in total. The highest BCUT2D eigenvalue weighted by atomic mass is 35.5. The summed E-state index contributed by atoms with van der Waals surface area (Å²) < 4.78 is 21.0. The van der Waals surface area contributed by atoms with Gasteiger partial charge in [0.05, 0.1) is 46.6 Å². The van der Waals surface area contributed by atoms with E-state index in [2.05, 4.69) is 31.5 Å². The average molecular weight is 1690 g/mol. The van der Waals surface area contributed by atoms with Crippen molar-refractivity contribution in [2.24, 2.45) is 35.2 Å². The number of aromatic carboxylic acids is 5. The minimum atomic E-state index is -1.54. The summed E-state index contributed by atoms with van der Waals surface area (Å²) in [5.41, 5.74) is 2.59. The maximum Gasteiger partial charge on any atom is 0.345 e. The van der Waals surface area contributed by atoms with E-state index in [-0.39, 0.29) is 51.2 Å². The third kappa shape index (κ3) is 16.4. The fourth-order valence-electron chi connectivity index (χ4n) is 14.4. The molecule has 0 unspecified atom stereocenters. The Morgan fingerprint density at radius 3 is 1.18 bits per heavy atom. The summed E-state index contributed by atoms with van der Waals surface area (Å²) in [5, 5.41) is 111. The molecule has 0 amide bonds. The molecule has 6 aromatic carbocycles. The van der Waals surface area contributed by atoms with Gasteiger partial charge in [0.1, 0.15) is 40.4 Å². The number of ether oxygens (including phenoxy) is 2. The van der Waals surface area contributed by atoms with Gasteiger partial charge in [-0.05, 0) is 115 Å². The van der Waals surface area contributed by atoms with Crippen LogP contribution in [-0.4, -0.2) is 141 Å². The topological polar surface area (TPSA) is 515 Å². The molecule has 0 fully saturated rings. The van der Waals surface area contributed by atoms with Crippen LogP contribution in [0.15, 0.2) is 201 Å². The van der Waals surface area contributed by atoms with Crippen LogP contribution in [0.4, 0.5) is 0 Å². The summed E-state index contributed by atoms with van der Waals surface area (Å²) in [5.74, 6) is -10.2. The quantitative estimate of drug-likeness (QED) is 0.0402. The Hall–Kier alpha value is -16.5. The maximum absolute atomic E-state index is 12.5. The first-order valence-electron chi connectivity index (χ1n) is 37.2. The zero-order valence-electron chi connectivity index (χ0n) is 66.5. The largest absolute Gasteiger partial charge is 0.507 e. The molecule has 10 heterocycles. The monoisotopic (exact) mass is 1690 g/mol. The second-order valence-corrected chi connectivity index (χ2v) is 28.3.